The number of rotatable bonds is 4. The first-order chi connectivity index (χ1) is 9.11. The largest absolute Gasteiger partial charge is 0.342 e. The van der Waals surface area contributed by atoms with Crippen LogP contribution in [0.15, 0.2) is 58.6 Å². The van der Waals surface area contributed by atoms with E-state index in [1.165, 1.54) is 12.1 Å². The summed E-state index contributed by atoms with van der Waals surface area (Å²) in [5.74, 6) is 0.314. The number of anilines is 2. The Hall–Kier alpha value is -2.60. The van der Waals surface area contributed by atoms with E-state index in [0.29, 0.717) is 5.82 Å². The number of nitrogens with zero attached hydrogens (tertiary/aromatic N) is 1. The molecule has 1 atom stereocenters. The molecule has 2 rings (SSSR count). The van der Waals surface area contributed by atoms with Gasteiger partial charge in [0.1, 0.15) is 12.0 Å². The van der Waals surface area contributed by atoms with Gasteiger partial charge in [-0.25, -0.2) is 9.36 Å². The second-order valence-corrected chi connectivity index (χ2v) is 3.91. The number of nitrogens with one attached hydrogen (secondary N) is 2. The maximum absolute atomic E-state index is 11.8. The molecule has 0 radical (unpaired) electrons. The van der Waals surface area contributed by atoms with Crippen molar-refractivity contribution in [2.45, 2.75) is 6.17 Å². The van der Waals surface area contributed by atoms with Gasteiger partial charge in [0.25, 0.3) is 5.56 Å². The molecule has 0 saturated heterocycles. The van der Waals surface area contributed by atoms with Crippen molar-refractivity contribution in [3.05, 3.63) is 69.9 Å². The number of benzene rings is 1. The second kappa shape index (κ2) is 5.36. The highest BCUT2D eigenvalue weighted by atomic mass is 16.2. The number of nitrogens with two attached hydrogens (primary N) is 1. The molecule has 0 amide bonds. The lowest BCUT2D eigenvalue weighted by Gasteiger charge is -2.11. The van der Waals surface area contributed by atoms with Gasteiger partial charge in [0.15, 0.2) is 0 Å². The molecule has 1 unspecified atom stereocenters. The number of H-pyrrole nitrogens is 1. The molecule has 0 spiro atoms. The molecular weight excluding hydrogens is 244 g/mol. The van der Waals surface area contributed by atoms with Gasteiger partial charge in [-0.05, 0) is 12.1 Å². The predicted octanol–water partition coefficient (Wildman–Crippen LogP) is 0.924. The number of aromatic amines is 1. The van der Waals surface area contributed by atoms with Gasteiger partial charge in [-0.2, -0.15) is 0 Å². The first-order valence-electron chi connectivity index (χ1n) is 5.68. The van der Waals surface area contributed by atoms with Gasteiger partial charge in [0.2, 0.25) is 0 Å². The molecule has 0 saturated carbocycles. The molecule has 1 aromatic carbocycles. The van der Waals surface area contributed by atoms with Gasteiger partial charge in [-0.15, -0.1) is 0 Å². The Bertz CT molecular complexity index is 657. The van der Waals surface area contributed by atoms with Gasteiger partial charge < -0.3 is 11.1 Å². The second-order valence-electron chi connectivity index (χ2n) is 3.91. The Morgan fingerprint density at radius 1 is 1.32 bits per heavy atom. The van der Waals surface area contributed by atoms with Crippen molar-refractivity contribution in [1.29, 1.82) is 0 Å². The minimum atomic E-state index is -0.845. The van der Waals surface area contributed by atoms with E-state index in [9.17, 15) is 9.59 Å². The van der Waals surface area contributed by atoms with Crippen LogP contribution in [-0.4, -0.2) is 9.55 Å². The zero-order chi connectivity index (χ0) is 13.8. The molecule has 0 aliphatic carbocycles. The zero-order valence-electron chi connectivity index (χ0n) is 10.2. The Balaban J connectivity index is 2.38. The van der Waals surface area contributed by atoms with Crippen molar-refractivity contribution < 1.29 is 0 Å². The maximum Gasteiger partial charge on any atom is 0.331 e. The third-order valence-corrected chi connectivity index (χ3v) is 2.56. The minimum absolute atomic E-state index is 0.314. The van der Waals surface area contributed by atoms with Crippen LogP contribution in [0.2, 0.25) is 0 Å². The number of aromatic nitrogens is 2. The van der Waals surface area contributed by atoms with Gasteiger partial charge >= 0.3 is 5.69 Å². The van der Waals surface area contributed by atoms with Crippen molar-refractivity contribution >= 4 is 11.5 Å². The molecule has 4 N–H and O–H groups in total. The maximum atomic E-state index is 11.8. The highest BCUT2D eigenvalue weighted by Crippen LogP contribution is 2.10. The minimum Gasteiger partial charge on any atom is -0.342 e. The first-order valence-corrected chi connectivity index (χ1v) is 5.68. The van der Waals surface area contributed by atoms with E-state index >= 15 is 0 Å². The fourth-order valence-corrected chi connectivity index (χ4v) is 1.64. The van der Waals surface area contributed by atoms with Crippen molar-refractivity contribution in [2.75, 3.05) is 5.32 Å². The van der Waals surface area contributed by atoms with E-state index in [1.807, 2.05) is 30.3 Å². The van der Waals surface area contributed by atoms with Crippen LogP contribution >= 0.6 is 0 Å². The lowest BCUT2D eigenvalue weighted by Crippen LogP contribution is -2.40. The fraction of sp³-hybridized carbons (Fsp3) is 0.0769. The molecule has 0 bridgehead atoms. The van der Waals surface area contributed by atoms with Crippen LogP contribution in [0.1, 0.15) is 6.17 Å². The molecule has 0 aliphatic rings. The average Bonchev–Trinajstić information content (AvgIpc) is 2.38. The van der Waals surface area contributed by atoms with Gasteiger partial charge in [-0.3, -0.25) is 9.78 Å². The molecule has 1 aromatic heterocycles. The zero-order valence-corrected chi connectivity index (χ0v) is 10.2. The van der Waals surface area contributed by atoms with Crippen LogP contribution in [0.5, 0.6) is 0 Å². The van der Waals surface area contributed by atoms with Crippen LogP contribution in [0.25, 0.3) is 0 Å². The van der Waals surface area contributed by atoms with Crippen LogP contribution in [-0.2, 0) is 0 Å². The Kier molecular flexibility index (Phi) is 3.63. The quantitative estimate of drug-likeness (QED) is 0.711. The molecule has 2 aromatic rings. The third kappa shape index (κ3) is 2.80. The van der Waals surface area contributed by atoms with Crippen molar-refractivity contribution in [3.63, 3.8) is 0 Å². The van der Waals surface area contributed by atoms with Crippen LogP contribution in [0.4, 0.5) is 11.5 Å². The Morgan fingerprint density at radius 2 is 2.00 bits per heavy atom. The average molecular weight is 258 g/mol. The highest BCUT2D eigenvalue weighted by Gasteiger charge is 2.08. The SMILES string of the molecule is C=CC(N)n1c(=O)cc(Nc2ccccc2)[nH]c1=O. The predicted molar refractivity (Wildman–Crippen MR) is 74.5 cm³/mol. The van der Waals surface area contributed by atoms with E-state index in [4.69, 9.17) is 5.73 Å². The summed E-state index contributed by atoms with van der Waals surface area (Å²) in [5, 5.41) is 2.93. The van der Waals surface area contributed by atoms with E-state index in [2.05, 4.69) is 16.9 Å². The monoisotopic (exact) mass is 258 g/mol. The van der Waals surface area contributed by atoms with Crippen LogP contribution in [0.3, 0.4) is 0 Å². The normalized spacial score (nSPS) is 11.8. The van der Waals surface area contributed by atoms with Crippen LogP contribution < -0.4 is 22.3 Å². The van der Waals surface area contributed by atoms with Crippen LogP contribution in [0, 0.1) is 0 Å². The summed E-state index contributed by atoms with van der Waals surface area (Å²) in [6, 6.07) is 10.5. The first kappa shape index (κ1) is 12.8. The molecule has 6 heteroatoms. The molecule has 19 heavy (non-hydrogen) atoms. The Morgan fingerprint density at radius 3 is 2.58 bits per heavy atom. The smallest absolute Gasteiger partial charge is 0.331 e. The summed E-state index contributed by atoms with van der Waals surface area (Å²) >= 11 is 0. The summed E-state index contributed by atoms with van der Waals surface area (Å²) in [4.78, 5) is 26.2. The molecule has 1 heterocycles. The summed E-state index contributed by atoms with van der Waals surface area (Å²) in [6.45, 7) is 3.46. The topological polar surface area (TPSA) is 92.9 Å². The third-order valence-electron chi connectivity index (χ3n) is 2.56. The molecule has 0 fully saturated rings. The van der Waals surface area contributed by atoms with E-state index in [0.717, 1.165) is 10.3 Å². The molecule has 0 aliphatic heterocycles. The number of hydrogen-bond acceptors (Lipinski definition) is 4. The molecule has 98 valence electrons. The lowest BCUT2D eigenvalue weighted by atomic mass is 10.3. The number of para-hydroxylation sites is 1. The van der Waals surface area contributed by atoms with Gasteiger partial charge in [0.05, 0.1) is 0 Å². The standard InChI is InChI=1S/C13H14N4O2/c1-2-10(14)17-12(18)8-11(16-13(17)19)15-9-6-4-3-5-7-9/h2-8,10,15H,1,14H2,(H,16,19). The molecule has 6 nitrogen and oxygen atoms in total. The van der Waals surface area contributed by atoms with E-state index in [-0.39, 0.29) is 0 Å². The summed E-state index contributed by atoms with van der Waals surface area (Å²) < 4.78 is 0.892. The summed E-state index contributed by atoms with van der Waals surface area (Å²) in [5.41, 5.74) is 5.29. The van der Waals surface area contributed by atoms with Gasteiger partial charge in [-0.1, -0.05) is 30.9 Å². The van der Waals surface area contributed by atoms with Crippen molar-refractivity contribution in [2.24, 2.45) is 5.73 Å². The molecular formula is C13H14N4O2. The summed E-state index contributed by atoms with van der Waals surface area (Å²) in [7, 11) is 0. The number of hydrogen-bond donors (Lipinski definition) is 3. The van der Waals surface area contributed by atoms with E-state index in [1.54, 1.807) is 0 Å². The fourth-order valence-electron chi connectivity index (χ4n) is 1.64. The van der Waals surface area contributed by atoms with Gasteiger partial charge in [0, 0.05) is 11.8 Å². The summed E-state index contributed by atoms with van der Waals surface area (Å²) in [6.07, 6.45) is 0.475. The van der Waals surface area contributed by atoms with E-state index < -0.39 is 17.4 Å². The Labute approximate surface area is 109 Å². The van der Waals surface area contributed by atoms with Crippen molar-refractivity contribution in [3.8, 4) is 0 Å². The lowest BCUT2D eigenvalue weighted by molar-refractivity contribution is 0.573. The van der Waals surface area contributed by atoms with Crippen molar-refractivity contribution in [1.82, 2.24) is 9.55 Å². The highest BCUT2D eigenvalue weighted by molar-refractivity contribution is 5.54.